The summed E-state index contributed by atoms with van der Waals surface area (Å²) in [6.07, 6.45) is 3.53. The topological polar surface area (TPSA) is 12.5 Å². The Kier molecular flexibility index (Phi) is 2.35. The van der Waals surface area contributed by atoms with Crippen molar-refractivity contribution in [3.8, 4) is 0 Å². The predicted octanol–water partition coefficient (Wildman–Crippen LogP) is 1.09. The molecule has 0 spiro atoms. The molecule has 0 amide bonds. The lowest BCUT2D eigenvalue weighted by atomic mass is 10.2. The molecule has 2 aliphatic rings. The number of fused-ring (bicyclic) bond motifs is 2. The number of hydrogen-bond donors (Lipinski definition) is 0. The van der Waals surface area contributed by atoms with Gasteiger partial charge in [0.2, 0.25) is 0 Å². The van der Waals surface area contributed by atoms with Gasteiger partial charge in [-0.2, -0.15) is 0 Å². The monoisotopic (exact) mass is 175 g/mol. The molecule has 0 aromatic rings. The van der Waals surface area contributed by atoms with Gasteiger partial charge < -0.3 is 4.74 Å². The van der Waals surface area contributed by atoms with Gasteiger partial charge in [0.05, 0.1) is 12.2 Å². The molecule has 0 aromatic heterocycles. The van der Waals surface area contributed by atoms with Gasteiger partial charge in [0.1, 0.15) is 0 Å². The Bertz CT molecular complexity index is 130. The SMILES string of the molecule is ClCCN1CC2CCC(C1)O2. The van der Waals surface area contributed by atoms with E-state index in [1.165, 1.54) is 12.8 Å². The lowest BCUT2D eigenvalue weighted by Gasteiger charge is -2.31. The Morgan fingerprint density at radius 3 is 2.45 bits per heavy atom. The molecule has 0 aromatic carbocycles. The fraction of sp³-hybridized carbons (Fsp3) is 1.00. The zero-order valence-corrected chi connectivity index (χ0v) is 7.39. The molecule has 0 saturated carbocycles. The molecule has 11 heavy (non-hydrogen) atoms. The minimum Gasteiger partial charge on any atom is -0.372 e. The lowest BCUT2D eigenvalue weighted by Crippen LogP contribution is -2.43. The van der Waals surface area contributed by atoms with Crippen molar-refractivity contribution < 1.29 is 4.74 Å². The van der Waals surface area contributed by atoms with Crippen LogP contribution in [0.3, 0.4) is 0 Å². The minimum atomic E-state index is 0.511. The summed E-state index contributed by atoms with van der Waals surface area (Å²) >= 11 is 5.67. The van der Waals surface area contributed by atoms with E-state index in [1.54, 1.807) is 0 Å². The van der Waals surface area contributed by atoms with E-state index >= 15 is 0 Å². The molecular weight excluding hydrogens is 162 g/mol. The fourth-order valence-corrected chi connectivity index (χ4v) is 2.24. The molecule has 2 unspecified atom stereocenters. The van der Waals surface area contributed by atoms with Crippen molar-refractivity contribution in [2.75, 3.05) is 25.5 Å². The van der Waals surface area contributed by atoms with E-state index in [2.05, 4.69) is 4.90 Å². The molecule has 2 rings (SSSR count). The number of ether oxygens (including phenoxy) is 1. The molecule has 2 aliphatic heterocycles. The maximum Gasteiger partial charge on any atom is 0.0707 e. The van der Waals surface area contributed by atoms with Gasteiger partial charge in [0.25, 0.3) is 0 Å². The predicted molar refractivity (Wildman–Crippen MR) is 45.1 cm³/mol. The highest BCUT2D eigenvalue weighted by molar-refractivity contribution is 6.18. The van der Waals surface area contributed by atoms with Gasteiger partial charge in [-0.05, 0) is 12.8 Å². The summed E-state index contributed by atoms with van der Waals surface area (Å²) in [5.74, 6) is 0.749. The molecule has 2 heterocycles. The van der Waals surface area contributed by atoms with Crippen molar-refractivity contribution in [2.24, 2.45) is 0 Å². The Labute approximate surface area is 72.5 Å². The van der Waals surface area contributed by atoms with Crippen molar-refractivity contribution in [3.63, 3.8) is 0 Å². The molecule has 0 N–H and O–H groups in total. The van der Waals surface area contributed by atoms with Gasteiger partial charge >= 0.3 is 0 Å². The Balaban J connectivity index is 1.87. The van der Waals surface area contributed by atoms with E-state index in [4.69, 9.17) is 16.3 Å². The highest BCUT2D eigenvalue weighted by Crippen LogP contribution is 2.25. The van der Waals surface area contributed by atoms with Crippen molar-refractivity contribution >= 4 is 11.6 Å². The number of nitrogens with zero attached hydrogens (tertiary/aromatic N) is 1. The molecule has 2 bridgehead atoms. The third-order valence-electron chi connectivity index (χ3n) is 2.52. The zero-order chi connectivity index (χ0) is 7.68. The van der Waals surface area contributed by atoms with Crippen LogP contribution in [0.5, 0.6) is 0 Å². The van der Waals surface area contributed by atoms with Crippen LogP contribution in [0.25, 0.3) is 0 Å². The molecule has 0 aliphatic carbocycles. The molecule has 3 heteroatoms. The van der Waals surface area contributed by atoms with Crippen LogP contribution in [-0.2, 0) is 4.74 Å². The lowest BCUT2D eigenvalue weighted by molar-refractivity contribution is -0.0361. The third kappa shape index (κ3) is 1.68. The van der Waals surface area contributed by atoms with E-state index in [1.807, 2.05) is 0 Å². The van der Waals surface area contributed by atoms with Crippen LogP contribution in [0.4, 0.5) is 0 Å². The van der Waals surface area contributed by atoms with E-state index in [-0.39, 0.29) is 0 Å². The summed E-state index contributed by atoms with van der Waals surface area (Å²) in [7, 11) is 0. The summed E-state index contributed by atoms with van der Waals surface area (Å²) in [6, 6.07) is 0. The second-order valence-corrected chi connectivity index (χ2v) is 3.78. The molecule has 2 nitrogen and oxygen atoms in total. The number of alkyl halides is 1. The summed E-state index contributed by atoms with van der Waals surface area (Å²) in [6.45, 7) is 3.23. The van der Waals surface area contributed by atoms with Crippen LogP contribution in [-0.4, -0.2) is 42.6 Å². The first-order valence-corrected chi connectivity index (χ1v) is 4.85. The fourth-order valence-electron chi connectivity index (χ4n) is 2.00. The quantitative estimate of drug-likeness (QED) is 0.583. The van der Waals surface area contributed by atoms with Crippen LogP contribution in [0.2, 0.25) is 0 Å². The number of rotatable bonds is 2. The van der Waals surface area contributed by atoms with Gasteiger partial charge in [0, 0.05) is 25.5 Å². The van der Waals surface area contributed by atoms with Gasteiger partial charge in [-0.25, -0.2) is 0 Å². The molecule has 2 saturated heterocycles. The normalized spacial score (nSPS) is 37.9. The average molecular weight is 176 g/mol. The smallest absolute Gasteiger partial charge is 0.0707 e. The van der Waals surface area contributed by atoms with E-state index in [9.17, 15) is 0 Å². The van der Waals surface area contributed by atoms with Crippen molar-refractivity contribution in [1.29, 1.82) is 0 Å². The molecule has 64 valence electrons. The summed E-state index contributed by atoms with van der Waals surface area (Å²) in [5, 5.41) is 0. The van der Waals surface area contributed by atoms with Crippen molar-refractivity contribution in [2.45, 2.75) is 25.0 Å². The van der Waals surface area contributed by atoms with Crippen LogP contribution < -0.4 is 0 Å². The van der Waals surface area contributed by atoms with Crippen LogP contribution in [0.15, 0.2) is 0 Å². The molecule has 0 radical (unpaired) electrons. The van der Waals surface area contributed by atoms with E-state index in [0.29, 0.717) is 12.2 Å². The minimum absolute atomic E-state index is 0.511. The average Bonchev–Trinajstić information content (AvgIpc) is 2.32. The second kappa shape index (κ2) is 3.30. The number of halogens is 1. The largest absolute Gasteiger partial charge is 0.372 e. The maximum absolute atomic E-state index is 5.69. The van der Waals surface area contributed by atoms with Gasteiger partial charge in [-0.3, -0.25) is 4.90 Å². The number of morpholine rings is 1. The first-order chi connectivity index (χ1) is 5.38. The Morgan fingerprint density at radius 1 is 1.27 bits per heavy atom. The summed E-state index contributed by atoms with van der Waals surface area (Å²) in [4.78, 5) is 2.42. The first kappa shape index (κ1) is 7.84. The third-order valence-corrected chi connectivity index (χ3v) is 2.69. The van der Waals surface area contributed by atoms with Crippen molar-refractivity contribution in [3.05, 3.63) is 0 Å². The zero-order valence-electron chi connectivity index (χ0n) is 6.63. The molecule has 2 fully saturated rings. The molecular formula is C8H14ClNO. The summed E-state index contributed by atoms with van der Waals surface area (Å²) < 4.78 is 5.69. The van der Waals surface area contributed by atoms with Crippen LogP contribution >= 0.6 is 11.6 Å². The van der Waals surface area contributed by atoms with Gasteiger partial charge in [-0.1, -0.05) is 0 Å². The highest BCUT2D eigenvalue weighted by Gasteiger charge is 2.32. The van der Waals surface area contributed by atoms with Gasteiger partial charge in [0.15, 0.2) is 0 Å². The second-order valence-electron chi connectivity index (χ2n) is 3.41. The standard InChI is InChI=1S/C8H14ClNO/c9-3-4-10-5-7-1-2-8(6-10)11-7/h7-8H,1-6H2. The van der Waals surface area contributed by atoms with Crippen LogP contribution in [0, 0.1) is 0 Å². The van der Waals surface area contributed by atoms with Gasteiger partial charge in [-0.15, -0.1) is 11.6 Å². The molecule has 2 atom stereocenters. The summed E-state index contributed by atoms with van der Waals surface area (Å²) in [5.41, 5.74) is 0. The van der Waals surface area contributed by atoms with E-state index in [0.717, 1.165) is 25.5 Å². The van der Waals surface area contributed by atoms with Crippen LogP contribution in [0.1, 0.15) is 12.8 Å². The number of hydrogen-bond acceptors (Lipinski definition) is 2. The maximum atomic E-state index is 5.69. The number of likely N-dealkylation sites (tertiary alicyclic amines) is 1. The van der Waals surface area contributed by atoms with Crippen molar-refractivity contribution in [1.82, 2.24) is 4.90 Å². The Hall–Kier alpha value is 0.210. The first-order valence-electron chi connectivity index (χ1n) is 4.32. The Morgan fingerprint density at radius 2 is 1.91 bits per heavy atom. The van der Waals surface area contributed by atoms with E-state index < -0.39 is 0 Å². The highest BCUT2D eigenvalue weighted by atomic mass is 35.5.